The molecule has 1 aliphatic heterocycles. The highest BCUT2D eigenvalue weighted by molar-refractivity contribution is 5.92. The van der Waals surface area contributed by atoms with E-state index in [0.717, 1.165) is 11.3 Å². The lowest BCUT2D eigenvalue weighted by Gasteiger charge is -2.14. The van der Waals surface area contributed by atoms with Gasteiger partial charge in [0.2, 0.25) is 5.91 Å². The van der Waals surface area contributed by atoms with Crippen LogP contribution in [0.25, 0.3) is 0 Å². The summed E-state index contributed by atoms with van der Waals surface area (Å²) in [5, 5.41) is 2.84. The largest absolute Gasteiger partial charge is 0.447 e. The molecule has 1 N–H and O–H groups in total. The van der Waals surface area contributed by atoms with Gasteiger partial charge in [0.15, 0.2) is 0 Å². The van der Waals surface area contributed by atoms with Crippen LogP contribution in [0.5, 0.6) is 0 Å². The average Bonchev–Trinajstić information content (AvgIpc) is 3.02. The Morgan fingerprint density at radius 1 is 1.20 bits per heavy atom. The minimum Gasteiger partial charge on any atom is -0.447 e. The number of ether oxygens (including phenoxy) is 1. The number of nitrogens with zero attached hydrogens (tertiary/aromatic N) is 1. The van der Waals surface area contributed by atoms with Crippen molar-refractivity contribution in [2.45, 2.75) is 19.3 Å². The molecule has 0 spiro atoms. The van der Waals surface area contributed by atoms with Crippen molar-refractivity contribution >= 4 is 23.4 Å². The van der Waals surface area contributed by atoms with Crippen molar-refractivity contribution in [2.24, 2.45) is 0 Å². The number of carbonyl (C=O) groups excluding carboxylic acids is 2. The second-order valence-corrected chi connectivity index (χ2v) is 6.02. The third-order valence-corrected chi connectivity index (χ3v) is 4.15. The van der Waals surface area contributed by atoms with Crippen LogP contribution in [0.1, 0.15) is 24.8 Å². The topological polar surface area (TPSA) is 58.6 Å². The molecule has 6 heteroatoms. The van der Waals surface area contributed by atoms with E-state index in [1.807, 2.05) is 6.92 Å². The molecule has 1 fully saturated rings. The Hall–Kier alpha value is -2.89. The highest BCUT2D eigenvalue weighted by Gasteiger charge is 2.23. The normalized spacial score (nSPS) is 15.0. The SMILES string of the molecule is CC(CC(=O)Nc1ccc(N2CCOC2=O)cc1)c1ccc(F)cc1. The van der Waals surface area contributed by atoms with E-state index in [1.165, 1.54) is 12.1 Å². The molecule has 25 heavy (non-hydrogen) atoms. The molecule has 1 atom stereocenters. The fourth-order valence-electron chi connectivity index (χ4n) is 2.75. The number of halogens is 1. The number of hydrogen-bond acceptors (Lipinski definition) is 3. The van der Waals surface area contributed by atoms with Gasteiger partial charge in [-0.05, 0) is 47.9 Å². The van der Waals surface area contributed by atoms with Gasteiger partial charge in [-0.1, -0.05) is 19.1 Å². The molecule has 3 rings (SSSR count). The molecule has 0 saturated carbocycles. The molecule has 2 aromatic rings. The van der Waals surface area contributed by atoms with E-state index in [9.17, 15) is 14.0 Å². The van der Waals surface area contributed by atoms with E-state index in [1.54, 1.807) is 41.3 Å². The van der Waals surface area contributed by atoms with E-state index < -0.39 is 0 Å². The Kier molecular flexibility index (Phi) is 4.97. The summed E-state index contributed by atoms with van der Waals surface area (Å²) in [6, 6.07) is 13.2. The summed E-state index contributed by atoms with van der Waals surface area (Å²) in [6.45, 7) is 2.84. The van der Waals surface area contributed by atoms with Crippen LogP contribution in [-0.4, -0.2) is 25.2 Å². The summed E-state index contributed by atoms with van der Waals surface area (Å²) in [6.07, 6.45) is -0.0591. The third kappa shape index (κ3) is 4.15. The van der Waals surface area contributed by atoms with Crippen molar-refractivity contribution in [1.29, 1.82) is 0 Å². The molecule has 2 amide bonds. The van der Waals surface area contributed by atoms with Crippen molar-refractivity contribution in [2.75, 3.05) is 23.4 Å². The predicted octanol–water partition coefficient (Wildman–Crippen LogP) is 3.91. The second-order valence-electron chi connectivity index (χ2n) is 6.02. The number of cyclic esters (lactones) is 1. The quantitative estimate of drug-likeness (QED) is 0.896. The molecular formula is C19H19FN2O3. The Bertz CT molecular complexity index is 759. The van der Waals surface area contributed by atoms with Crippen molar-refractivity contribution in [3.8, 4) is 0 Å². The van der Waals surface area contributed by atoms with Crippen molar-refractivity contribution in [1.82, 2.24) is 0 Å². The molecule has 0 radical (unpaired) electrons. The van der Waals surface area contributed by atoms with E-state index in [0.29, 0.717) is 25.3 Å². The number of hydrogen-bond donors (Lipinski definition) is 1. The number of benzene rings is 2. The first kappa shape index (κ1) is 17.0. The van der Waals surface area contributed by atoms with Crippen LogP contribution in [0.2, 0.25) is 0 Å². The molecule has 0 aromatic heterocycles. The molecule has 0 aliphatic carbocycles. The summed E-state index contributed by atoms with van der Waals surface area (Å²) >= 11 is 0. The molecule has 0 bridgehead atoms. The third-order valence-electron chi connectivity index (χ3n) is 4.15. The molecule has 1 aliphatic rings. The van der Waals surface area contributed by atoms with Crippen LogP contribution in [0.4, 0.5) is 20.6 Å². The molecule has 1 unspecified atom stereocenters. The standard InChI is InChI=1S/C19H19FN2O3/c1-13(14-2-4-15(20)5-3-14)12-18(23)21-16-6-8-17(9-7-16)22-10-11-25-19(22)24/h2-9,13H,10-12H2,1H3,(H,21,23). The highest BCUT2D eigenvalue weighted by atomic mass is 19.1. The van der Waals surface area contributed by atoms with Gasteiger partial charge in [0.1, 0.15) is 12.4 Å². The Labute approximate surface area is 145 Å². The number of rotatable bonds is 5. The van der Waals surface area contributed by atoms with E-state index in [-0.39, 0.29) is 23.7 Å². The molecular weight excluding hydrogens is 323 g/mol. The zero-order valence-corrected chi connectivity index (χ0v) is 13.9. The van der Waals surface area contributed by atoms with Crippen LogP contribution in [0.15, 0.2) is 48.5 Å². The van der Waals surface area contributed by atoms with Gasteiger partial charge in [-0.3, -0.25) is 9.69 Å². The smallest absolute Gasteiger partial charge is 0.414 e. The van der Waals surface area contributed by atoms with Crippen LogP contribution >= 0.6 is 0 Å². The van der Waals surface area contributed by atoms with Gasteiger partial charge in [0, 0.05) is 17.8 Å². The second kappa shape index (κ2) is 7.34. The summed E-state index contributed by atoms with van der Waals surface area (Å²) in [4.78, 5) is 25.3. The van der Waals surface area contributed by atoms with Crippen molar-refractivity contribution in [3.63, 3.8) is 0 Å². The molecule has 2 aromatic carbocycles. The lowest BCUT2D eigenvalue weighted by atomic mass is 9.97. The number of carbonyl (C=O) groups is 2. The van der Waals surface area contributed by atoms with Gasteiger partial charge < -0.3 is 10.1 Å². The van der Waals surface area contributed by atoms with Gasteiger partial charge in [0.05, 0.1) is 6.54 Å². The van der Waals surface area contributed by atoms with Crippen LogP contribution in [0, 0.1) is 5.82 Å². The lowest BCUT2D eigenvalue weighted by Crippen LogP contribution is -2.23. The molecule has 5 nitrogen and oxygen atoms in total. The first-order valence-electron chi connectivity index (χ1n) is 8.12. The Balaban J connectivity index is 1.57. The molecule has 1 heterocycles. The van der Waals surface area contributed by atoms with Gasteiger partial charge in [-0.2, -0.15) is 0 Å². The van der Waals surface area contributed by atoms with Gasteiger partial charge in [-0.15, -0.1) is 0 Å². The van der Waals surface area contributed by atoms with Crippen molar-refractivity contribution < 1.29 is 18.7 Å². The van der Waals surface area contributed by atoms with Gasteiger partial charge >= 0.3 is 6.09 Å². The van der Waals surface area contributed by atoms with E-state index in [2.05, 4.69) is 5.32 Å². The molecule has 1 saturated heterocycles. The maximum absolute atomic E-state index is 13.0. The summed E-state index contributed by atoms with van der Waals surface area (Å²) in [5.41, 5.74) is 2.31. The van der Waals surface area contributed by atoms with Crippen LogP contribution < -0.4 is 10.2 Å². The fourth-order valence-corrected chi connectivity index (χ4v) is 2.75. The minimum atomic E-state index is -0.357. The van der Waals surface area contributed by atoms with Gasteiger partial charge in [-0.25, -0.2) is 9.18 Å². The maximum atomic E-state index is 13.0. The van der Waals surface area contributed by atoms with Crippen LogP contribution in [-0.2, 0) is 9.53 Å². The summed E-state index contributed by atoms with van der Waals surface area (Å²) < 4.78 is 17.9. The van der Waals surface area contributed by atoms with E-state index in [4.69, 9.17) is 4.74 Å². The van der Waals surface area contributed by atoms with E-state index >= 15 is 0 Å². The van der Waals surface area contributed by atoms with Gasteiger partial charge in [0.25, 0.3) is 0 Å². The summed E-state index contributed by atoms with van der Waals surface area (Å²) in [5.74, 6) is -0.424. The predicted molar refractivity (Wildman–Crippen MR) is 93.2 cm³/mol. The maximum Gasteiger partial charge on any atom is 0.414 e. The highest BCUT2D eigenvalue weighted by Crippen LogP contribution is 2.23. The molecule has 130 valence electrons. The number of amides is 2. The van der Waals surface area contributed by atoms with Crippen molar-refractivity contribution in [3.05, 3.63) is 59.9 Å². The Morgan fingerprint density at radius 2 is 1.88 bits per heavy atom. The minimum absolute atomic E-state index is 0.0146. The Morgan fingerprint density at radius 3 is 2.48 bits per heavy atom. The zero-order chi connectivity index (χ0) is 17.8. The monoisotopic (exact) mass is 342 g/mol. The van der Waals surface area contributed by atoms with Crippen LogP contribution in [0.3, 0.4) is 0 Å². The number of anilines is 2. The summed E-state index contributed by atoms with van der Waals surface area (Å²) in [7, 11) is 0. The first-order chi connectivity index (χ1) is 12.0. The lowest BCUT2D eigenvalue weighted by molar-refractivity contribution is -0.116. The zero-order valence-electron chi connectivity index (χ0n) is 13.9. The number of nitrogens with one attached hydrogen (secondary N) is 1. The average molecular weight is 342 g/mol. The fraction of sp³-hybridized carbons (Fsp3) is 0.263. The first-order valence-corrected chi connectivity index (χ1v) is 8.12.